The predicted molar refractivity (Wildman–Crippen MR) is 37.8 cm³/mol. The molecule has 0 aromatic heterocycles. The van der Waals surface area contributed by atoms with E-state index in [2.05, 4.69) is 0 Å². The van der Waals surface area contributed by atoms with E-state index in [0.29, 0.717) is 5.57 Å². The summed E-state index contributed by atoms with van der Waals surface area (Å²) in [5.74, 6) is -0.389. The molecule has 2 rings (SSSR count). The van der Waals surface area contributed by atoms with Gasteiger partial charge in [0.2, 0.25) is 0 Å². The van der Waals surface area contributed by atoms with E-state index in [9.17, 15) is 4.79 Å². The van der Waals surface area contributed by atoms with Crippen molar-refractivity contribution in [1.29, 1.82) is 0 Å². The van der Waals surface area contributed by atoms with E-state index in [4.69, 9.17) is 9.84 Å². The van der Waals surface area contributed by atoms with Crippen molar-refractivity contribution >= 4 is 5.97 Å². The number of aliphatic hydroxyl groups is 1. The van der Waals surface area contributed by atoms with Gasteiger partial charge in [0.15, 0.2) is 0 Å². The van der Waals surface area contributed by atoms with E-state index in [-0.39, 0.29) is 18.0 Å². The topological polar surface area (TPSA) is 46.5 Å². The molecule has 0 spiro atoms. The van der Waals surface area contributed by atoms with Crippen LogP contribution in [0.25, 0.3) is 0 Å². The second-order valence-electron chi connectivity index (χ2n) is 2.72. The Morgan fingerprint density at radius 1 is 1.73 bits per heavy atom. The number of aliphatic hydroxyl groups excluding tert-OH is 1. The van der Waals surface area contributed by atoms with Crippen molar-refractivity contribution in [3.63, 3.8) is 0 Å². The molecule has 1 heterocycles. The van der Waals surface area contributed by atoms with Gasteiger partial charge in [-0.25, -0.2) is 4.79 Å². The van der Waals surface area contributed by atoms with Crippen LogP contribution in [0.4, 0.5) is 0 Å². The molecule has 11 heavy (non-hydrogen) atoms. The summed E-state index contributed by atoms with van der Waals surface area (Å²) in [4.78, 5) is 10.9. The van der Waals surface area contributed by atoms with Crippen molar-refractivity contribution in [3.8, 4) is 0 Å². The smallest absolute Gasteiger partial charge is 0.338 e. The van der Waals surface area contributed by atoms with Gasteiger partial charge in [-0.2, -0.15) is 0 Å². The van der Waals surface area contributed by atoms with E-state index < -0.39 is 0 Å². The van der Waals surface area contributed by atoms with Gasteiger partial charge < -0.3 is 9.84 Å². The number of esters is 1. The molecular weight excluding hydrogens is 144 g/mol. The highest BCUT2D eigenvalue weighted by Crippen LogP contribution is 2.34. The highest BCUT2D eigenvalue weighted by Gasteiger charge is 2.40. The van der Waals surface area contributed by atoms with Crippen LogP contribution in [-0.2, 0) is 9.53 Å². The summed E-state index contributed by atoms with van der Waals surface area (Å²) in [6, 6.07) is 0. The quantitative estimate of drug-likeness (QED) is 0.243. The molecule has 3 heteroatoms. The molecule has 0 aromatic carbocycles. The lowest BCUT2D eigenvalue weighted by molar-refractivity contribution is -0.138. The molecule has 0 amide bonds. The lowest BCUT2D eigenvalue weighted by Crippen LogP contribution is -2.08. The van der Waals surface area contributed by atoms with Crippen LogP contribution >= 0.6 is 0 Å². The Hall–Kier alpha value is -1.25. The Morgan fingerprint density at radius 3 is 3.27 bits per heavy atom. The third kappa shape index (κ3) is 0.770. The minimum atomic E-state index is -0.383. The minimum Gasteiger partial charge on any atom is -0.515 e. The van der Waals surface area contributed by atoms with Crippen LogP contribution in [0.2, 0.25) is 0 Å². The summed E-state index contributed by atoms with van der Waals surface area (Å²) in [6.07, 6.45) is 5.43. The molecule has 1 fully saturated rings. The molecule has 0 radical (unpaired) electrons. The number of carbonyl (C=O) groups is 1. The van der Waals surface area contributed by atoms with E-state index in [1.807, 2.05) is 12.2 Å². The maximum Gasteiger partial charge on any atom is 0.338 e. The van der Waals surface area contributed by atoms with Gasteiger partial charge >= 0.3 is 5.97 Å². The largest absolute Gasteiger partial charge is 0.515 e. The zero-order chi connectivity index (χ0) is 7.84. The monoisotopic (exact) mass is 152 g/mol. The SMILES string of the molecule is O=C1O[C@H]2CC=C[C@H]2/C1=C\O. The van der Waals surface area contributed by atoms with Gasteiger partial charge in [0, 0.05) is 12.3 Å². The molecular formula is C8H8O3. The van der Waals surface area contributed by atoms with E-state index >= 15 is 0 Å². The fraction of sp³-hybridized carbons (Fsp3) is 0.375. The molecule has 1 saturated heterocycles. The maximum atomic E-state index is 10.9. The van der Waals surface area contributed by atoms with Crippen LogP contribution < -0.4 is 0 Å². The second-order valence-corrected chi connectivity index (χ2v) is 2.72. The number of fused-ring (bicyclic) bond motifs is 1. The van der Waals surface area contributed by atoms with Gasteiger partial charge in [0.1, 0.15) is 6.10 Å². The summed E-state index contributed by atoms with van der Waals surface area (Å²) in [5, 5.41) is 8.69. The molecule has 2 aliphatic rings. The molecule has 3 nitrogen and oxygen atoms in total. The van der Waals surface area contributed by atoms with Gasteiger partial charge in [-0.3, -0.25) is 0 Å². The molecule has 1 N–H and O–H groups in total. The van der Waals surface area contributed by atoms with Gasteiger partial charge in [0.25, 0.3) is 0 Å². The summed E-state index contributed by atoms with van der Waals surface area (Å²) in [6.45, 7) is 0. The fourth-order valence-corrected chi connectivity index (χ4v) is 1.54. The zero-order valence-corrected chi connectivity index (χ0v) is 5.86. The first kappa shape index (κ1) is 6.46. The Morgan fingerprint density at radius 2 is 2.55 bits per heavy atom. The van der Waals surface area contributed by atoms with Crippen molar-refractivity contribution in [2.75, 3.05) is 0 Å². The summed E-state index contributed by atoms with van der Waals surface area (Å²) >= 11 is 0. The number of ether oxygens (including phenoxy) is 1. The van der Waals surface area contributed by atoms with Crippen molar-refractivity contribution in [2.24, 2.45) is 5.92 Å². The Bertz CT molecular complexity index is 252. The average molecular weight is 152 g/mol. The van der Waals surface area contributed by atoms with Gasteiger partial charge in [-0.05, 0) is 0 Å². The van der Waals surface area contributed by atoms with E-state index in [1.54, 1.807) is 0 Å². The first-order valence-corrected chi connectivity index (χ1v) is 3.55. The number of hydrogen-bond acceptors (Lipinski definition) is 3. The molecule has 1 aliphatic heterocycles. The van der Waals surface area contributed by atoms with Crippen LogP contribution in [0, 0.1) is 5.92 Å². The van der Waals surface area contributed by atoms with Gasteiger partial charge in [-0.15, -0.1) is 0 Å². The third-order valence-electron chi connectivity index (χ3n) is 2.10. The first-order valence-electron chi connectivity index (χ1n) is 3.55. The van der Waals surface area contributed by atoms with Crippen molar-refractivity contribution in [2.45, 2.75) is 12.5 Å². The Kier molecular flexibility index (Phi) is 1.24. The van der Waals surface area contributed by atoms with Crippen LogP contribution in [0.1, 0.15) is 6.42 Å². The molecule has 0 saturated carbocycles. The number of carbonyl (C=O) groups excluding carboxylic acids is 1. The molecule has 58 valence electrons. The predicted octanol–water partition coefficient (Wildman–Crippen LogP) is 0.930. The van der Waals surface area contributed by atoms with Crippen LogP contribution in [0.15, 0.2) is 24.0 Å². The third-order valence-corrected chi connectivity index (χ3v) is 2.10. The van der Waals surface area contributed by atoms with E-state index in [0.717, 1.165) is 12.7 Å². The molecule has 0 bridgehead atoms. The maximum absolute atomic E-state index is 10.9. The minimum absolute atomic E-state index is 0.00694. The highest BCUT2D eigenvalue weighted by atomic mass is 16.6. The molecule has 1 aliphatic carbocycles. The summed E-state index contributed by atoms with van der Waals surface area (Å²) in [5.41, 5.74) is 0.378. The zero-order valence-electron chi connectivity index (χ0n) is 5.86. The summed E-state index contributed by atoms with van der Waals surface area (Å²) < 4.78 is 4.96. The van der Waals surface area contributed by atoms with Crippen molar-refractivity contribution in [3.05, 3.63) is 24.0 Å². The Labute approximate surface area is 64.0 Å². The normalized spacial score (nSPS) is 37.8. The first-order chi connectivity index (χ1) is 5.33. The van der Waals surface area contributed by atoms with Crippen molar-refractivity contribution < 1.29 is 14.6 Å². The van der Waals surface area contributed by atoms with Crippen LogP contribution in [0.3, 0.4) is 0 Å². The van der Waals surface area contributed by atoms with Crippen LogP contribution in [-0.4, -0.2) is 17.2 Å². The lowest BCUT2D eigenvalue weighted by atomic mass is 10.0. The second kappa shape index (κ2) is 2.12. The lowest BCUT2D eigenvalue weighted by Gasteiger charge is -2.03. The standard InChI is InChI=1S/C8H8O3/c9-4-6-5-2-1-3-7(5)11-8(6)10/h1-2,4-5,7,9H,3H2/b6-4+/t5-,7-/m0/s1. The fourth-order valence-electron chi connectivity index (χ4n) is 1.54. The molecule has 0 unspecified atom stereocenters. The average Bonchev–Trinajstić information content (AvgIpc) is 2.46. The highest BCUT2D eigenvalue weighted by molar-refractivity contribution is 5.92. The number of hydrogen-bond donors (Lipinski definition) is 1. The van der Waals surface area contributed by atoms with Gasteiger partial charge in [0.05, 0.1) is 11.8 Å². The molecule has 2 atom stereocenters. The van der Waals surface area contributed by atoms with Gasteiger partial charge in [-0.1, -0.05) is 12.2 Å². The molecule has 0 aromatic rings. The van der Waals surface area contributed by atoms with Crippen LogP contribution in [0.5, 0.6) is 0 Å². The summed E-state index contributed by atoms with van der Waals surface area (Å²) in [7, 11) is 0. The number of rotatable bonds is 0. The van der Waals surface area contributed by atoms with Crippen molar-refractivity contribution in [1.82, 2.24) is 0 Å². The van der Waals surface area contributed by atoms with E-state index in [1.165, 1.54) is 0 Å². The Balaban J connectivity index is 2.33.